The van der Waals surface area contributed by atoms with E-state index in [2.05, 4.69) is 56.9 Å². The number of aliphatic imine (C=N–C) groups is 1. The molecular formula is C25H36IN7O. The first kappa shape index (κ1) is 27.4. The molecule has 2 aromatic carbocycles. The van der Waals surface area contributed by atoms with Gasteiger partial charge in [-0.25, -0.2) is 4.99 Å². The SMILES string of the molecule is CCN(CCCNC(=NCc1nncn1C)Nc1ccc(OC(C)C)cc1)c1ccccc1.I. The molecule has 0 aliphatic rings. The smallest absolute Gasteiger partial charge is 0.196 e. The van der Waals surface area contributed by atoms with E-state index in [1.165, 1.54) is 5.69 Å². The number of halogens is 1. The van der Waals surface area contributed by atoms with Crippen molar-refractivity contribution in [2.45, 2.75) is 39.8 Å². The Labute approximate surface area is 219 Å². The molecule has 1 aromatic heterocycles. The van der Waals surface area contributed by atoms with Crippen LogP contribution in [0.25, 0.3) is 0 Å². The molecule has 0 unspecified atom stereocenters. The van der Waals surface area contributed by atoms with E-state index in [4.69, 9.17) is 9.73 Å². The molecule has 34 heavy (non-hydrogen) atoms. The highest BCUT2D eigenvalue weighted by Crippen LogP contribution is 2.17. The molecule has 3 rings (SSSR count). The van der Waals surface area contributed by atoms with Gasteiger partial charge in [0, 0.05) is 38.1 Å². The van der Waals surface area contributed by atoms with Crippen LogP contribution in [0.4, 0.5) is 11.4 Å². The second kappa shape index (κ2) is 14.4. The molecule has 3 aromatic rings. The maximum absolute atomic E-state index is 5.74. The summed E-state index contributed by atoms with van der Waals surface area (Å²) in [4.78, 5) is 7.09. The van der Waals surface area contributed by atoms with Crippen molar-refractivity contribution in [2.24, 2.45) is 12.0 Å². The van der Waals surface area contributed by atoms with Gasteiger partial charge in [0.15, 0.2) is 11.8 Å². The molecule has 2 N–H and O–H groups in total. The zero-order chi connectivity index (χ0) is 23.5. The summed E-state index contributed by atoms with van der Waals surface area (Å²) in [6, 6.07) is 18.4. The summed E-state index contributed by atoms with van der Waals surface area (Å²) < 4.78 is 7.61. The van der Waals surface area contributed by atoms with Crippen LogP contribution in [0.1, 0.15) is 33.0 Å². The van der Waals surface area contributed by atoms with Crippen LogP contribution in [0.3, 0.4) is 0 Å². The van der Waals surface area contributed by atoms with Gasteiger partial charge in [0.05, 0.1) is 6.10 Å². The molecule has 0 radical (unpaired) electrons. The Bertz CT molecular complexity index is 990. The van der Waals surface area contributed by atoms with Crippen molar-refractivity contribution >= 4 is 41.3 Å². The van der Waals surface area contributed by atoms with Gasteiger partial charge < -0.3 is 24.8 Å². The number of rotatable bonds is 11. The zero-order valence-electron chi connectivity index (χ0n) is 20.4. The standard InChI is InChI=1S/C25H35N7O.HI/c1-5-32(22-10-7-6-8-11-22)17-9-16-26-25(27-18-24-30-28-19-31(24)4)29-21-12-14-23(15-13-21)33-20(2)3;/h6-8,10-15,19-20H,5,9,16-18H2,1-4H3,(H2,26,27,29);1H. The van der Waals surface area contributed by atoms with Crippen LogP contribution in [0, 0.1) is 0 Å². The topological polar surface area (TPSA) is 79.6 Å². The normalized spacial score (nSPS) is 11.1. The number of anilines is 2. The van der Waals surface area contributed by atoms with Gasteiger partial charge in [-0.2, -0.15) is 0 Å². The molecule has 0 bridgehead atoms. The lowest BCUT2D eigenvalue weighted by Gasteiger charge is -2.23. The number of nitrogens with one attached hydrogen (secondary N) is 2. The minimum absolute atomic E-state index is 0. The van der Waals surface area contributed by atoms with Gasteiger partial charge in [-0.05, 0) is 63.6 Å². The summed E-state index contributed by atoms with van der Waals surface area (Å²) in [5.41, 5.74) is 2.19. The van der Waals surface area contributed by atoms with E-state index in [1.807, 2.05) is 55.8 Å². The Morgan fingerprint density at radius 2 is 1.85 bits per heavy atom. The number of ether oxygens (including phenoxy) is 1. The number of hydrogen-bond donors (Lipinski definition) is 2. The van der Waals surface area contributed by atoms with E-state index in [-0.39, 0.29) is 30.1 Å². The van der Waals surface area contributed by atoms with Gasteiger partial charge in [0.25, 0.3) is 0 Å². The fourth-order valence-electron chi connectivity index (χ4n) is 3.35. The van der Waals surface area contributed by atoms with Gasteiger partial charge in [-0.1, -0.05) is 18.2 Å². The summed E-state index contributed by atoms with van der Waals surface area (Å²) in [7, 11) is 1.92. The van der Waals surface area contributed by atoms with Gasteiger partial charge in [-0.15, -0.1) is 34.2 Å². The molecule has 0 amide bonds. The molecule has 9 heteroatoms. The minimum atomic E-state index is 0. The highest BCUT2D eigenvalue weighted by atomic mass is 127. The van der Waals surface area contributed by atoms with E-state index in [0.29, 0.717) is 12.5 Å². The first-order chi connectivity index (χ1) is 16.0. The van der Waals surface area contributed by atoms with Crippen molar-refractivity contribution in [2.75, 3.05) is 29.9 Å². The average molecular weight is 578 g/mol. The van der Waals surface area contributed by atoms with Crippen molar-refractivity contribution in [3.05, 3.63) is 66.7 Å². The van der Waals surface area contributed by atoms with Crippen LogP contribution in [0.5, 0.6) is 5.75 Å². The summed E-state index contributed by atoms with van der Waals surface area (Å²) in [6.07, 6.45) is 2.81. The molecule has 0 atom stereocenters. The first-order valence-corrected chi connectivity index (χ1v) is 11.5. The molecule has 0 saturated carbocycles. The van der Waals surface area contributed by atoms with Crippen molar-refractivity contribution in [3.8, 4) is 5.75 Å². The average Bonchev–Trinajstić information content (AvgIpc) is 3.23. The number of nitrogens with zero attached hydrogens (tertiary/aromatic N) is 5. The van der Waals surface area contributed by atoms with Crippen molar-refractivity contribution in [1.82, 2.24) is 20.1 Å². The summed E-state index contributed by atoms with van der Waals surface area (Å²) >= 11 is 0. The Hall–Kier alpha value is -2.82. The second-order valence-electron chi connectivity index (χ2n) is 8.03. The number of aryl methyl sites for hydroxylation is 1. The van der Waals surface area contributed by atoms with Gasteiger partial charge in [-0.3, -0.25) is 0 Å². The summed E-state index contributed by atoms with van der Waals surface area (Å²) in [5.74, 6) is 2.36. The van der Waals surface area contributed by atoms with Crippen molar-refractivity contribution in [1.29, 1.82) is 0 Å². The van der Waals surface area contributed by atoms with Gasteiger partial charge in [0.1, 0.15) is 18.6 Å². The Morgan fingerprint density at radius 3 is 2.47 bits per heavy atom. The van der Waals surface area contributed by atoms with E-state index in [1.54, 1.807) is 6.33 Å². The monoisotopic (exact) mass is 577 g/mol. The maximum Gasteiger partial charge on any atom is 0.196 e. The fourth-order valence-corrected chi connectivity index (χ4v) is 3.35. The molecule has 1 heterocycles. The van der Waals surface area contributed by atoms with E-state index in [0.717, 1.165) is 43.3 Å². The van der Waals surface area contributed by atoms with Crippen LogP contribution in [-0.4, -0.2) is 46.5 Å². The molecule has 0 aliphatic heterocycles. The number of benzene rings is 2. The van der Waals surface area contributed by atoms with Crippen LogP contribution in [0.15, 0.2) is 65.9 Å². The summed E-state index contributed by atoms with van der Waals surface area (Å²) in [5, 5.41) is 14.9. The Balaban J connectivity index is 0.00000408. The van der Waals surface area contributed by atoms with Crippen LogP contribution in [0.2, 0.25) is 0 Å². The molecular weight excluding hydrogens is 541 g/mol. The Kier molecular flexibility index (Phi) is 11.7. The number of aromatic nitrogens is 3. The molecule has 0 fully saturated rings. The number of guanidine groups is 1. The van der Waals surface area contributed by atoms with Crippen LogP contribution < -0.4 is 20.3 Å². The van der Waals surface area contributed by atoms with Gasteiger partial charge in [0.2, 0.25) is 0 Å². The molecule has 184 valence electrons. The van der Waals surface area contributed by atoms with Crippen LogP contribution >= 0.6 is 24.0 Å². The van der Waals surface area contributed by atoms with Crippen LogP contribution in [-0.2, 0) is 13.6 Å². The molecule has 0 aliphatic carbocycles. The van der Waals surface area contributed by atoms with Crippen molar-refractivity contribution < 1.29 is 4.74 Å². The first-order valence-electron chi connectivity index (χ1n) is 11.5. The molecule has 8 nitrogen and oxygen atoms in total. The predicted octanol–water partition coefficient (Wildman–Crippen LogP) is 4.69. The van der Waals surface area contributed by atoms with Crippen molar-refractivity contribution in [3.63, 3.8) is 0 Å². The lowest BCUT2D eigenvalue weighted by molar-refractivity contribution is 0.242. The third-order valence-electron chi connectivity index (χ3n) is 5.07. The third-order valence-corrected chi connectivity index (χ3v) is 5.07. The van der Waals surface area contributed by atoms with E-state index >= 15 is 0 Å². The Morgan fingerprint density at radius 1 is 1.12 bits per heavy atom. The highest BCUT2D eigenvalue weighted by molar-refractivity contribution is 14.0. The minimum Gasteiger partial charge on any atom is -0.491 e. The predicted molar refractivity (Wildman–Crippen MR) is 150 cm³/mol. The summed E-state index contributed by atoms with van der Waals surface area (Å²) in [6.45, 7) is 9.39. The lowest BCUT2D eigenvalue weighted by atomic mass is 10.2. The fraction of sp³-hybridized carbons (Fsp3) is 0.400. The second-order valence-corrected chi connectivity index (χ2v) is 8.03. The van der Waals surface area contributed by atoms with E-state index in [9.17, 15) is 0 Å². The lowest BCUT2D eigenvalue weighted by Crippen LogP contribution is -2.34. The number of para-hydroxylation sites is 1. The largest absolute Gasteiger partial charge is 0.491 e. The quantitative estimate of drug-likeness (QED) is 0.149. The molecule has 0 saturated heterocycles. The highest BCUT2D eigenvalue weighted by Gasteiger charge is 2.06. The molecule has 0 spiro atoms. The van der Waals surface area contributed by atoms with Gasteiger partial charge >= 0.3 is 0 Å². The van der Waals surface area contributed by atoms with E-state index < -0.39 is 0 Å². The number of hydrogen-bond acceptors (Lipinski definition) is 5. The third kappa shape index (κ3) is 8.85. The maximum atomic E-state index is 5.74. The zero-order valence-corrected chi connectivity index (χ0v) is 22.8.